The summed E-state index contributed by atoms with van der Waals surface area (Å²) in [6, 6.07) is 4.75. The van der Waals surface area contributed by atoms with Crippen LogP contribution in [0.15, 0.2) is 29.8 Å². The zero-order valence-corrected chi connectivity index (χ0v) is 21.0. The molecule has 4 aromatic rings. The average Bonchev–Trinajstić information content (AvgIpc) is 3.35. The molecule has 10 heteroatoms. The van der Waals surface area contributed by atoms with Gasteiger partial charge < -0.3 is 19.7 Å². The van der Waals surface area contributed by atoms with Crippen LogP contribution in [0.3, 0.4) is 0 Å². The largest absolute Gasteiger partial charge is 0.484 e. The predicted octanol–water partition coefficient (Wildman–Crippen LogP) is 5.92. The first-order valence-corrected chi connectivity index (χ1v) is 12.2. The molecule has 0 unspecified atom stereocenters. The number of thiophene rings is 1. The van der Waals surface area contributed by atoms with Gasteiger partial charge in [-0.25, -0.2) is 19.3 Å². The van der Waals surface area contributed by atoms with Crippen molar-refractivity contribution >= 4 is 39.9 Å². The third kappa shape index (κ3) is 3.72. The minimum atomic E-state index is -0.849. The number of fused-ring (bicyclic) bond motifs is 2. The molecule has 2 N–H and O–H groups in total. The third-order valence-corrected chi connectivity index (χ3v) is 7.34. The molecule has 34 heavy (non-hydrogen) atoms. The molecule has 7 nitrogen and oxygen atoms in total. The van der Waals surface area contributed by atoms with Crippen LogP contribution >= 0.6 is 22.9 Å². The standard InChI is InChI=1S/C24H25ClFN5O2S/c1-11(2)31-12(3)28-19-15(26)8-13(9-16(19)31)18-14(25)10-27-23(29-18)30-20-21-17(6-7-34-21)33-24(4,5)22(20)32/h6-11,20,22,32H,1-5H3,(H,27,29,30)/t20-,22+/m0/s1. The zero-order valence-electron chi connectivity index (χ0n) is 19.4. The summed E-state index contributed by atoms with van der Waals surface area (Å²) in [7, 11) is 0. The van der Waals surface area contributed by atoms with Crippen LogP contribution in [0.4, 0.5) is 10.3 Å². The molecule has 4 heterocycles. The Morgan fingerprint density at radius 2 is 2.06 bits per heavy atom. The van der Waals surface area contributed by atoms with Crippen LogP contribution in [0, 0.1) is 12.7 Å². The van der Waals surface area contributed by atoms with Crippen molar-refractivity contribution in [3.8, 4) is 17.0 Å². The van der Waals surface area contributed by atoms with E-state index in [0.717, 1.165) is 16.5 Å². The molecule has 0 fully saturated rings. The molecule has 178 valence electrons. The predicted molar refractivity (Wildman–Crippen MR) is 132 cm³/mol. The van der Waals surface area contributed by atoms with Crippen molar-refractivity contribution in [2.24, 2.45) is 0 Å². The molecule has 1 aliphatic rings. The maximum Gasteiger partial charge on any atom is 0.223 e. The lowest BCUT2D eigenvalue weighted by molar-refractivity contribution is -0.0519. The fourth-order valence-electron chi connectivity index (χ4n) is 4.49. The van der Waals surface area contributed by atoms with E-state index in [9.17, 15) is 5.11 Å². The molecular weight excluding hydrogens is 477 g/mol. The summed E-state index contributed by atoms with van der Waals surface area (Å²) in [6.07, 6.45) is 0.629. The van der Waals surface area contributed by atoms with E-state index in [0.29, 0.717) is 27.3 Å². The first kappa shape index (κ1) is 23.0. The first-order valence-electron chi connectivity index (χ1n) is 11.0. The smallest absolute Gasteiger partial charge is 0.223 e. The second-order valence-corrected chi connectivity index (χ2v) is 10.6. The molecule has 0 spiro atoms. The normalized spacial score (nSPS) is 19.3. The number of aromatic nitrogens is 4. The van der Waals surface area contributed by atoms with E-state index in [1.807, 2.05) is 56.7 Å². The van der Waals surface area contributed by atoms with Crippen LogP contribution in [0.25, 0.3) is 22.3 Å². The summed E-state index contributed by atoms with van der Waals surface area (Å²) >= 11 is 7.94. The molecular formula is C24H25ClFN5O2S. The van der Waals surface area contributed by atoms with Crippen LogP contribution in [-0.2, 0) is 0 Å². The van der Waals surface area contributed by atoms with Gasteiger partial charge in [-0.1, -0.05) is 11.6 Å². The molecule has 0 radical (unpaired) electrons. The van der Waals surface area contributed by atoms with Gasteiger partial charge in [0.05, 0.1) is 33.3 Å². The van der Waals surface area contributed by atoms with E-state index in [-0.39, 0.29) is 12.0 Å². The number of rotatable bonds is 4. The van der Waals surface area contributed by atoms with Crippen molar-refractivity contribution in [1.82, 2.24) is 19.5 Å². The van der Waals surface area contributed by atoms with Crippen LogP contribution < -0.4 is 10.1 Å². The summed E-state index contributed by atoms with van der Waals surface area (Å²) in [4.78, 5) is 14.2. The summed E-state index contributed by atoms with van der Waals surface area (Å²) in [6.45, 7) is 9.58. The van der Waals surface area contributed by atoms with E-state index < -0.39 is 23.6 Å². The number of nitrogens with one attached hydrogen (secondary N) is 1. The maximum absolute atomic E-state index is 15.0. The minimum Gasteiger partial charge on any atom is -0.484 e. The Kier molecular flexibility index (Phi) is 5.54. The molecule has 2 atom stereocenters. The van der Waals surface area contributed by atoms with Gasteiger partial charge in [0.1, 0.15) is 28.8 Å². The third-order valence-electron chi connectivity index (χ3n) is 6.08. The lowest BCUT2D eigenvalue weighted by Crippen LogP contribution is -2.50. The lowest BCUT2D eigenvalue weighted by atomic mass is 9.91. The number of imidazole rings is 1. The molecule has 0 aliphatic carbocycles. The van der Waals surface area contributed by atoms with Gasteiger partial charge in [0.25, 0.3) is 0 Å². The van der Waals surface area contributed by atoms with Crippen molar-refractivity contribution < 1.29 is 14.2 Å². The van der Waals surface area contributed by atoms with Crippen molar-refractivity contribution in [1.29, 1.82) is 0 Å². The Hall–Kier alpha value is -2.75. The second kappa shape index (κ2) is 8.18. The van der Waals surface area contributed by atoms with Crippen LogP contribution in [0.2, 0.25) is 5.02 Å². The molecule has 0 saturated heterocycles. The minimum absolute atomic E-state index is 0.108. The molecule has 1 aliphatic heterocycles. The van der Waals surface area contributed by atoms with Crippen molar-refractivity contribution in [3.63, 3.8) is 0 Å². The number of aryl methyl sites for hydroxylation is 1. The number of aliphatic hydroxyl groups excluding tert-OH is 1. The number of nitrogens with zero attached hydrogens (tertiary/aromatic N) is 4. The van der Waals surface area contributed by atoms with Crippen LogP contribution in [0.5, 0.6) is 5.75 Å². The topological polar surface area (TPSA) is 85.1 Å². The molecule has 3 aromatic heterocycles. The molecule has 0 bridgehead atoms. The quantitative estimate of drug-likeness (QED) is 0.361. The van der Waals surface area contributed by atoms with E-state index in [4.69, 9.17) is 16.3 Å². The fraction of sp³-hybridized carbons (Fsp3) is 0.375. The molecule has 5 rings (SSSR count). The van der Waals surface area contributed by atoms with Gasteiger partial charge in [-0.15, -0.1) is 11.3 Å². The number of benzene rings is 1. The van der Waals surface area contributed by atoms with Crippen LogP contribution in [0.1, 0.15) is 50.5 Å². The Labute approximate surface area is 205 Å². The summed E-state index contributed by atoms with van der Waals surface area (Å²) in [5.41, 5.74) is 1.10. The molecule has 0 amide bonds. The number of aliphatic hydroxyl groups is 1. The number of halogens is 2. The highest BCUT2D eigenvalue weighted by atomic mass is 35.5. The SMILES string of the molecule is Cc1nc2c(F)cc(-c3nc(N[C@H]4c5sccc5OC(C)(C)[C@@H]4O)ncc3Cl)cc2n1C(C)C. The van der Waals surface area contributed by atoms with E-state index in [1.165, 1.54) is 23.6 Å². The Bertz CT molecular complexity index is 1400. The second-order valence-electron chi connectivity index (χ2n) is 9.26. The van der Waals surface area contributed by atoms with Gasteiger partial charge in [-0.3, -0.25) is 0 Å². The van der Waals surface area contributed by atoms with Gasteiger partial charge >= 0.3 is 0 Å². The Balaban J connectivity index is 1.57. The first-order chi connectivity index (χ1) is 16.1. The number of hydrogen-bond donors (Lipinski definition) is 2. The highest BCUT2D eigenvalue weighted by Crippen LogP contribution is 2.44. The number of ether oxygens (including phenoxy) is 1. The lowest BCUT2D eigenvalue weighted by Gasteiger charge is -2.40. The van der Waals surface area contributed by atoms with Crippen molar-refractivity contribution in [2.45, 2.75) is 58.4 Å². The van der Waals surface area contributed by atoms with E-state index >= 15 is 4.39 Å². The highest BCUT2D eigenvalue weighted by Gasteiger charge is 2.44. The summed E-state index contributed by atoms with van der Waals surface area (Å²) < 4.78 is 23.0. The average molecular weight is 502 g/mol. The van der Waals surface area contributed by atoms with Crippen molar-refractivity contribution in [3.05, 3.63) is 51.3 Å². The molecule has 1 aromatic carbocycles. The van der Waals surface area contributed by atoms with E-state index in [2.05, 4.69) is 20.3 Å². The van der Waals surface area contributed by atoms with Gasteiger partial charge in [0.15, 0.2) is 5.82 Å². The Morgan fingerprint density at radius 3 is 2.79 bits per heavy atom. The number of hydrogen-bond acceptors (Lipinski definition) is 7. The monoisotopic (exact) mass is 501 g/mol. The highest BCUT2D eigenvalue weighted by molar-refractivity contribution is 7.10. The zero-order chi connectivity index (χ0) is 24.4. The number of anilines is 1. The van der Waals surface area contributed by atoms with Gasteiger partial charge in [0.2, 0.25) is 5.95 Å². The van der Waals surface area contributed by atoms with Gasteiger partial charge in [0, 0.05) is 11.6 Å². The van der Waals surface area contributed by atoms with Gasteiger partial charge in [-0.05, 0) is 58.2 Å². The molecule has 0 saturated carbocycles. The summed E-state index contributed by atoms with van der Waals surface area (Å²) in [5, 5.41) is 16.4. The summed E-state index contributed by atoms with van der Waals surface area (Å²) in [5.74, 6) is 1.29. The van der Waals surface area contributed by atoms with Crippen molar-refractivity contribution in [2.75, 3.05) is 5.32 Å². The maximum atomic E-state index is 15.0. The fourth-order valence-corrected chi connectivity index (χ4v) is 5.59. The van der Waals surface area contributed by atoms with Gasteiger partial charge in [-0.2, -0.15) is 0 Å². The van der Waals surface area contributed by atoms with E-state index in [1.54, 1.807) is 0 Å². The Morgan fingerprint density at radius 1 is 1.29 bits per heavy atom. The van der Waals surface area contributed by atoms with Crippen LogP contribution in [-0.4, -0.2) is 36.3 Å².